The van der Waals surface area contributed by atoms with E-state index in [0.29, 0.717) is 24.0 Å². The van der Waals surface area contributed by atoms with Crippen LogP contribution in [0, 0.1) is 21.4 Å². The van der Waals surface area contributed by atoms with Crippen LogP contribution in [0.2, 0.25) is 0 Å². The van der Waals surface area contributed by atoms with E-state index in [9.17, 15) is 20.2 Å². The first-order valence-corrected chi connectivity index (χ1v) is 10.3. The van der Waals surface area contributed by atoms with Gasteiger partial charge in [-0.2, -0.15) is 5.26 Å². The zero-order valence-electron chi connectivity index (χ0n) is 17.9. The monoisotopic (exact) mass is 429 g/mol. The fraction of sp³-hybridized carbons (Fsp3) is 0.250. The molecule has 1 heterocycles. The number of hydrogen-bond donors (Lipinski definition) is 1. The van der Waals surface area contributed by atoms with Gasteiger partial charge in [0.25, 0.3) is 5.69 Å². The second-order valence-corrected chi connectivity index (χ2v) is 8.15. The number of nitro benzene ring substituents is 1. The van der Waals surface area contributed by atoms with E-state index < -0.39 is 10.8 Å². The van der Waals surface area contributed by atoms with Gasteiger partial charge in [-0.15, -0.1) is 0 Å². The van der Waals surface area contributed by atoms with E-state index >= 15 is 0 Å². The summed E-state index contributed by atoms with van der Waals surface area (Å²) in [4.78, 5) is 24.4. The molecular weight excluding hydrogens is 406 g/mol. The summed E-state index contributed by atoms with van der Waals surface area (Å²) in [5.41, 5.74) is 9.36. The van der Waals surface area contributed by atoms with Crippen molar-refractivity contribution < 1.29 is 9.72 Å². The minimum absolute atomic E-state index is 0.0212. The predicted molar refractivity (Wildman–Crippen MR) is 119 cm³/mol. The van der Waals surface area contributed by atoms with E-state index in [1.807, 2.05) is 30.3 Å². The Hall–Kier alpha value is -3.96. The number of carbonyl (C=O) groups excluding carboxylic acids is 1. The van der Waals surface area contributed by atoms with E-state index in [1.54, 1.807) is 36.2 Å². The molecule has 162 valence electrons. The lowest BCUT2D eigenvalue weighted by Crippen LogP contribution is -2.46. The van der Waals surface area contributed by atoms with Crippen molar-refractivity contribution in [2.45, 2.75) is 24.7 Å². The average molecular weight is 429 g/mol. The van der Waals surface area contributed by atoms with Crippen molar-refractivity contribution in [1.82, 2.24) is 10.0 Å². The predicted octanol–water partition coefficient (Wildman–Crippen LogP) is 3.57. The lowest BCUT2D eigenvalue weighted by molar-refractivity contribution is -0.384. The van der Waals surface area contributed by atoms with Crippen molar-refractivity contribution in [2.24, 2.45) is 5.73 Å². The number of ketones is 1. The van der Waals surface area contributed by atoms with Crippen LogP contribution in [-0.4, -0.2) is 34.8 Å². The van der Waals surface area contributed by atoms with E-state index in [4.69, 9.17) is 5.73 Å². The molecule has 2 N–H and O–H groups in total. The smallest absolute Gasteiger partial charge is 0.269 e. The maximum Gasteiger partial charge on any atom is 0.269 e. The number of nitrogens with two attached hydrogens (primary N) is 1. The Bertz CT molecular complexity index is 1190. The summed E-state index contributed by atoms with van der Waals surface area (Å²) in [6.45, 7) is 0. The molecule has 1 aliphatic carbocycles. The lowest BCUT2D eigenvalue weighted by Gasteiger charge is -2.43. The summed E-state index contributed by atoms with van der Waals surface area (Å²) in [5.74, 6) is -0.611. The largest absolute Gasteiger partial charge is 0.383 e. The molecule has 2 aromatic rings. The Kier molecular flexibility index (Phi) is 5.51. The number of nitriles is 1. The first-order valence-electron chi connectivity index (χ1n) is 10.3. The quantitative estimate of drug-likeness (QED) is 0.583. The molecule has 2 aliphatic rings. The van der Waals surface area contributed by atoms with Crippen LogP contribution in [0.4, 0.5) is 5.69 Å². The molecule has 32 heavy (non-hydrogen) atoms. The highest BCUT2D eigenvalue weighted by Gasteiger charge is 2.43. The number of Topliss-reactive ketones (excluding diaryl/α,β-unsaturated/α-hetero) is 1. The normalized spacial score (nSPS) is 20.9. The van der Waals surface area contributed by atoms with Gasteiger partial charge in [0, 0.05) is 43.9 Å². The Labute approximate surface area is 186 Å². The number of rotatable bonds is 4. The van der Waals surface area contributed by atoms with Gasteiger partial charge in [-0.1, -0.05) is 42.5 Å². The second kappa shape index (κ2) is 8.29. The molecule has 4 rings (SSSR count). The van der Waals surface area contributed by atoms with Crippen molar-refractivity contribution in [3.05, 3.63) is 98.5 Å². The fourth-order valence-electron chi connectivity index (χ4n) is 4.68. The highest BCUT2D eigenvalue weighted by molar-refractivity contribution is 6.00. The van der Waals surface area contributed by atoms with Crippen molar-refractivity contribution >= 4 is 11.5 Å². The summed E-state index contributed by atoms with van der Waals surface area (Å²) in [6.07, 6.45) is 0.863. The minimum atomic E-state index is -0.740. The molecule has 0 saturated heterocycles. The Morgan fingerprint density at radius 2 is 1.81 bits per heavy atom. The highest BCUT2D eigenvalue weighted by Crippen LogP contribution is 2.48. The number of nitro groups is 1. The molecule has 0 unspecified atom stereocenters. The molecular formula is C24H23N5O3. The zero-order chi connectivity index (χ0) is 23.0. The van der Waals surface area contributed by atoms with Crippen molar-refractivity contribution in [3.8, 4) is 6.07 Å². The highest BCUT2D eigenvalue weighted by atomic mass is 16.6. The molecule has 1 aliphatic heterocycles. The minimum Gasteiger partial charge on any atom is -0.383 e. The molecule has 0 aromatic heterocycles. The van der Waals surface area contributed by atoms with Gasteiger partial charge in [0.2, 0.25) is 0 Å². The number of benzene rings is 2. The number of non-ortho nitro benzene ring substituents is 1. The number of hydrogen-bond acceptors (Lipinski definition) is 7. The topological polar surface area (TPSA) is 116 Å². The molecule has 8 nitrogen and oxygen atoms in total. The van der Waals surface area contributed by atoms with Gasteiger partial charge in [-0.05, 0) is 23.5 Å². The van der Waals surface area contributed by atoms with Gasteiger partial charge in [-0.25, -0.2) is 5.01 Å². The average Bonchev–Trinajstić information content (AvgIpc) is 2.78. The first-order chi connectivity index (χ1) is 15.3. The molecule has 0 bridgehead atoms. The zero-order valence-corrected chi connectivity index (χ0v) is 17.9. The number of hydrazine groups is 1. The summed E-state index contributed by atoms with van der Waals surface area (Å²) in [6, 6.07) is 18.1. The van der Waals surface area contributed by atoms with E-state index in [0.717, 1.165) is 11.3 Å². The van der Waals surface area contributed by atoms with Crippen LogP contribution in [0.15, 0.2) is 77.3 Å². The van der Waals surface area contributed by atoms with E-state index in [-0.39, 0.29) is 28.8 Å². The molecule has 2 atom stereocenters. The number of allylic oxidation sites excluding steroid dienone is 3. The first kappa shape index (κ1) is 21.3. The van der Waals surface area contributed by atoms with Crippen LogP contribution in [0.3, 0.4) is 0 Å². The SMILES string of the molecule is CN(C)N1C(N)=C(C#N)[C@H](c2cccc([N+](=O)[O-])c2)C2=C1C[C@@H](c1ccccc1)CC2=O. The third-order valence-corrected chi connectivity index (χ3v) is 6.03. The standard InChI is InChI=1S/C24H23N5O3/c1-27(2)28-20-12-17(15-7-4-3-5-8-15)13-21(30)23(20)22(19(14-25)24(28)26)16-9-6-10-18(11-16)29(31)32/h3-11,17,22H,12-13,26H2,1-2H3/t17-,22+/m1/s1. The van der Waals surface area contributed by atoms with Gasteiger partial charge in [0.05, 0.1) is 22.5 Å². The van der Waals surface area contributed by atoms with Gasteiger partial charge < -0.3 is 5.73 Å². The van der Waals surface area contributed by atoms with Gasteiger partial charge in [-0.3, -0.25) is 19.9 Å². The van der Waals surface area contributed by atoms with Crippen LogP contribution in [0.1, 0.15) is 35.8 Å². The van der Waals surface area contributed by atoms with Crippen LogP contribution in [0.25, 0.3) is 0 Å². The summed E-state index contributed by atoms with van der Waals surface area (Å²) in [7, 11) is 3.60. The second-order valence-electron chi connectivity index (χ2n) is 8.15. The fourth-order valence-corrected chi connectivity index (χ4v) is 4.68. The van der Waals surface area contributed by atoms with E-state index in [1.165, 1.54) is 12.1 Å². The van der Waals surface area contributed by atoms with E-state index in [2.05, 4.69) is 6.07 Å². The van der Waals surface area contributed by atoms with Crippen molar-refractivity contribution in [1.29, 1.82) is 5.26 Å². The third kappa shape index (κ3) is 3.53. The number of carbonyl (C=O) groups is 1. The molecule has 0 radical (unpaired) electrons. The third-order valence-electron chi connectivity index (χ3n) is 6.03. The van der Waals surface area contributed by atoms with Gasteiger partial charge in [0.15, 0.2) is 5.78 Å². The number of nitrogens with zero attached hydrogens (tertiary/aromatic N) is 4. The molecule has 0 spiro atoms. The molecule has 0 amide bonds. The molecule has 0 saturated carbocycles. The summed E-state index contributed by atoms with van der Waals surface area (Å²) < 4.78 is 0. The molecule has 2 aromatic carbocycles. The van der Waals surface area contributed by atoms with Crippen LogP contribution >= 0.6 is 0 Å². The molecule has 0 fully saturated rings. The van der Waals surface area contributed by atoms with Gasteiger partial charge in [0.1, 0.15) is 5.82 Å². The maximum atomic E-state index is 13.5. The molecule has 8 heteroatoms. The Morgan fingerprint density at radius 3 is 2.44 bits per heavy atom. The Morgan fingerprint density at radius 1 is 1.12 bits per heavy atom. The van der Waals surface area contributed by atoms with Gasteiger partial charge >= 0.3 is 0 Å². The van der Waals surface area contributed by atoms with Crippen molar-refractivity contribution in [3.63, 3.8) is 0 Å². The summed E-state index contributed by atoms with van der Waals surface area (Å²) in [5, 5.41) is 24.8. The van der Waals surface area contributed by atoms with Crippen LogP contribution in [0.5, 0.6) is 0 Å². The summed E-state index contributed by atoms with van der Waals surface area (Å²) >= 11 is 0. The van der Waals surface area contributed by atoms with Crippen LogP contribution in [-0.2, 0) is 4.79 Å². The van der Waals surface area contributed by atoms with Crippen LogP contribution < -0.4 is 5.73 Å². The Balaban J connectivity index is 1.91. The maximum absolute atomic E-state index is 13.5. The van der Waals surface area contributed by atoms with Crippen molar-refractivity contribution in [2.75, 3.05) is 14.1 Å². The lowest BCUT2D eigenvalue weighted by atomic mass is 9.72.